The summed E-state index contributed by atoms with van der Waals surface area (Å²) < 4.78 is 1.15. The number of nitrogens with zero attached hydrogens (tertiary/aromatic N) is 1. The van der Waals surface area contributed by atoms with E-state index in [2.05, 4.69) is 32.7 Å². The van der Waals surface area contributed by atoms with Gasteiger partial charge in [0.05, 0.1) is 10.2 Å². The highest BCUT2D eigenvalue weighted by Crippen LogP contribution is 2.36. The zero-order valence-corrected chi connectivity index (χ0v) is 16.5. The molecule has 0 atom stereocenters. The molecule has 136 valence electrons. The third-order valence-electron chi connectivity index (χ3n) is 4.53. The number of rotatable bonds is 5. The average molecular weight is 388 g/mol. The Hall–Kier alpha value is -2.08. The minimum atomic E-state index is 0. The van der Waals surface area contributed by atoms with Crippen molar-refractivity contribution in [2.45, 2.75) is 6.42 Å². The Kier molecular flexibility index (Phi) is 5.51. The fourth-order valence-corrected chi connectivity index (χ4v) is 4.23. The first-order valence-electron chi connectivity index (χ1n) is 8.48. The van der Waals surface area contributed by atoms with Gasteiger partial charge in [0.15, 0.2) is 0 Å². The summed E-state index contributed by atoms with van der Waals surface area (Å²) in [5.74, 6) is 0.00865. The van der Waals surface area contributed by atoms with Crippen LogP contribution in [0.3, 0.4) is 0 Å². The van der Waals surface area contributed by atoms with Crippen molar-refractivity contribution in [3.8, 4) is 0 Å². The van der Waals surface area contributed by atoms with Crippen molar-refractivity contribution in [3.63, 3.8) is 0 Å². The van der Waals surface area contributed by atoms with E-state index in [9.17, 15) is 4.79 Å². The van der Waals surface area contributed by atoms with Crippen molar-refractivity contribution in [1.82, 2.24) is 15.2 Å². The largest absolute Gasteiger partial charge is 0.353 e. The van der Waals surface area contributed by atoms with Gasteiger partial charge in [-0.05, 0) is 50.6 Å². The van der Waals surface area contributed by atoms with E-state index in [1.165, 1.54) is 0 Å². The van der Waals surface area contributed by atoms with E-state index in [1.807, 2.05) is 38.4 Å². The number of aromatic nitrogens is 1. The molecule has 0 aliphatic carbocycles. The van der Waals surface area contributed by atoms with Crippen molar-refractivity contribution in [2.75, 3.05) is 27.2 Å². The van der Waals surface area contributed by atoms with Crippen LogP contribution >= 0.6 is 23.7 Å². The second kappa shape index (κ2) is 7.66. The number of nitrogens with one attached hydrogen (secondary N) is 2. The van der Waals surface area contributed by atoms with Crippen LogP contribution in [0.2, 0.25) is 0 Å². The van der Waals surface area contributed by atoms with E-state index in [-0.39, 0.29) is 18.3 Å². The van der Waals surface area contributed by atoms with Gasteiger partial charge in [-0.25, -0.2) is 0 Å². The molecule has 2 heterocycles. The molecule has 0 unspecified atom stereocenters. The van der Waals surface area contributed by atoms with Gasteiger partial charge >= 0.3 is 0 Å². The van der Waals surface area contributed by atoms with E-state index in [0.717, 1.165) is 50.4 Å². The van der Waals surface area contributed by atoms with Gasteiger partial charge in [-0.1, -0.05) is 18.2 Å². The Labute approximate surface area is 162 Å². The average Bonchev–Trinajstić information content (AvgIpc) is 3.21. The first kappa shape index (κ1) is 18.7. The number of halogens is 1. The lowest BCUT2D eigenvalue weighted by Crippen LogP contribution is -2.27. The summed E-state index contributed by atoms with van der Waals surface area (Å²) >= 11 is 1.68. The molecule has 2 aromatic heterocycles. The van der Waals surface area contributed by atoms with E-state index < -0.39 is 0 Å². The monoisotopic (exact) mass is 387 g/mol. The predicted molar refractivity (Wildman–Crippen MR) is 114 cm³/mol. The van der Waals surface area contributed by atoms with Crippen molar-refractivity contribution in [3.05, 3.63) is 47.3 Å². The number of hydrogen-bond acceptors (Lipinski definition) is 3. The highest BCUT2D eigenvalue weighted by Gasteiger charge is 2.16. The van der Waals surface area contributed by atoms with Gasteiger partial charge in [0.2, 0.25) is 0 Å². The lowest BCUT2D eigenvalue weighted by atomic mass is 10.0. The minimum Gasteiger partial charge on any atom is -0.353 e. The number of para-hydroxylation sites is 1. The number of benzene rings is 2. The zero-order valence-electron chi connectivity index (χ0n) is 14.8. The molecule has 1 amide bonds. The Morgan fingerprint density at radius 2 is 1.96 bits per heavy atom. The third-order valence-corrected chi connectivity index (χ3v) is 5.46. The summed E-state index contributed by atoms with van der Waals surface area (Å²) in [4.78, 5) is 18.4. The maximum absolute atomic E-state index is 12.8. The molecule has 4 nitrogen and oxygen atoms in total. The second-order valence-corrected chi connectivity index (χ2v) is 7.51. The van der Waals surface area contributed by atoms with Crippen molar-refractivity contribution >= 4 is 61.5 Å². The van der Waals surface area contributed by atoms with Crippen LogP contribution in [-0.2, 0) is 0 Å². The summed E-state index contributed by atoms with van der Waals surface area (Å²) in [7, 11) is 4.09. The van der Waals surface area contributed by atoms with Crippen molar-refractivity contribution < 1.29 is 4.79 Å². The molecule has 0 spiro atoms. The molecular weight excluding hydrogens is 366 g/mol. The van der Waals surface area contributed by atoms with E-state index in [0.29, 0.717) is 6.54 Å². The molecule has 0 bridgehead atoms. The molecule has 2 N–H and O–H groups in total. The van der Waals surface area contributed by atoms with Gasteiger partial charge in [-0.2, -0.15) is 0 Å². The number of amides is 1. The standard InChI is InChI=1S/C20H21N3OS.ClH/c1-23(2)10-5-9-21-20(24)16-12-15-13-6-3-4-7-17(13)22-18(15)19-14(16)8-11-25-19;/h3-4,6-8,11-12,22H,5,9-10H2,1-2H3,(H,21,24);1H. The number of carbonyl (C=O) groups is 1. The van der Waals surface area contributed by atoms with Gasteiger partial charge in [-0.15, -0.1) is 23.7 Å². The highest BCUT2D eigenvalue weighted by molar-refractivity contribution is 7.18. The molecule has 2 aromatic carbocycles. The molecule has 6 heteroatoms. The van der Waals surface area contributed by atoms with Gasteiger partial charge < -0.3 is 15.2 Å². The topological polar surface area (TPSA) is 48.1 Å². The summed E-state index contributed by atoms with van der Waals surface area (Å²) in [5, 5.41) is 8.42. The summed E-state index contributed by atoms with van der Waals surface area (Å²) in [5.41, 5.74) is 2.99. The third kappa shape index (κ3) is 3.30. The van der Waals surface area contributed by atoms with Crippen LogP contribution in [-0.4, -0.2) is 43.0 Å². The normalized spacial score (nSPS) is 11.3. The van der Waals surface area contributed by atoms with Crippen LogP contribution in [0.15, 0.2) is 41.8 Å². The van der Waals surface area contributed by atoms with Crippen LogP contribution in [0, 0.1) is 0 Å². The number of thiophene rings is 1. The van der Waals surface area contributed by atoms with Crippen LogP contribution < -0.4 is 5.32 Å². The fraction of sp³-hybridized carbons (Fsp3) is 0.250. The lowest BCUT2D eigenvalue weighted by molar-refractivity contribution is 0.0954. The van der Waals surface area contributed by atoms with Gasteiger partial charge in [0, 0.05) is 33.8 Å². The molecule has 0 aliphatic rings. The molecule has 0 radical (unpaired) electrons. The van der Waals surface area contributed by atoms with Crippen molar-refractivity contribution in [2.24, 2.45) is 0 Å². The number of hydrogen-bond donors (Lipinski definition) is 2. The SMILES string of the molecule is CN(C)CCCNC(=O)c1cc2c3ccccc3[nH]c2c2sccc12.Cl. The highest BCUT2D eigenvalue weighted by atomic mass is 35.5. The second-order valence-electron chi connectivity index (χ2n) is 6.59. The fourth-order valence-electron chi connectivity index (χ4n) is 3.31. The molecule has 0 aliphatic heterocycles. The number of carbonyl (C=O) groups excluding carboxylic acids is 1. The zero-order chi connectivity index (χ0) is 17.4. The van der Waals surface area contributed by atoms with Crippen molar-refractivity contribution in [1.29, 1.82) is 0 Å². The Bertz CT molecular complexity index is 1070. The lowest BCUT2D eigenvalue weighted by Gasteiger charge is -2.10. The predicted octanol–water partition coefficient (Wildman–Crippen LogP) is 4.64. The smallest absolute Gasteiger partial charge is 0.251 e. The van der Waals surface area contributed by atoms with E-state index >= 15 is 0 Å². The molecule has 0 saturated carbocycles. The minimum absolute atomic E-state index is 0. The first-order valence-corrected chi connectivity index (χ1v) is 9.36. The Balaban J connectivity index is 0.00000196. The summed E-state index contributed by atoms with van der Waals surface area (Å²) in [6, 6.07) is 12.3. The molecule has 4 rings (SSSR count). The Morgan fingerprint density at radius 1 is 1.15 bits per heavy atom. The molecule has 0 fully saturated rings. The maximum atomic E-state index is 12.8. The number of aromatic amines is 1. The van der Waals surface area contributed by atoms with Crippen LogP contribution in [0.25, 0.3) is 31.9 Å². The van der Waals surface area contributed by atoms with E-state index in [1.54, 1.807) is 11.3 Å². The first-order chi connectivity index (χ1) is 12.1. The number of fused-ring (bicyclic) bond motifs is 5. The molecular formula is C20H22ClN3OS. The summed E-state index contributed by atoms with van der Waals surface area (Å²) in [6.07, 6.45) is 0.945. The maximum Gasteiger partial charge on any atom is 0.251 e. The summed E-state index contributed by atoms with van der Waals surface area (Å²) in [6.45, 7) is 1.66. The van der Waals surface area contributed by atoms with E-state index in [4.69, 9.17) is 0 Å². The number of H-pyrrole nitrogens is 1. The molecule has 26 heavy (non-hydrogen) atoms. The molecule has 0 saturated heterocycles. The Morgan fingerprint density at radius 3 is 2.77 bits per heavy atom. The van der Waals surface area contributed by atoms with Gasteiger partial charge in [0.25, 0.3) is 5.91 Å². The van der Waals surface area contributed by atoms with Crippen LogP contribution in [0.5, 0.6) is 0 Å². The molecule has 4 aromatic rings. The van der Waals surface area contributed by atoms with Gasteiger partial charge in [-0.3, -0.25) is 4.79 Å². The van der Waals surface area contributed by atoms with Gasteiger partial charge in [0.1, 0.15) is 0 Å². The quantitative estimate of drug-likeness (QED) is 0.490. The van der Waals surface area contributed by atoms with Crippen LogP contribution in [0.1, 0.15) is 16.8 Å². The van der Waals surface area contributed by atoms with Crippen LogP contribution in [0.4, 0.5) is 0 Å².